The van der Waals surface area contributed by atoms with Crippen molar-refractivity contribution < 1.29 is 22.5 Å². The maximum absolute atomic E-state index is 11.8. The third-order valence-corrected chi connectivity index (χ3v) is 4.12. The first-order chi connectivity index (χ1) is 11.2. The molecule has 24 heavy (non-hydrogen) atoms. The van der Waals surface area contributed by atoms with E-state index in [1.165, 1.54) is 38.4 Å². The molecule has 0 spiro atoms. The first-order valence-electron chi connectivity index (χ1n) is 7.06. The van der Waals surface area contributed by atoms with Crippen LogP contribution in [0.15, 0.2) is 23.8 Å². The van der Waals surface area contributed by atoms with Crippen LogP contribution in [0.25, 0.3) is 6.08 Å². The summed E-state index contributed by atoms with van der Waals surface area (Å²) in [6.45, 7) is 2.33. The molecule has 1 aromatic carbocycles. The van der Waals surface area contributed by atoms with Crippen LogP contribution in [0.4, 0.5) is 0 Å². The number of phenols is 1. The zero-order chi connectivity index (χ0) is 18.3. The third kappa shape index (κ3) is 5.26. The number of nitrogens with zero attached hydrogens (tertiary/aromatic N) is 2. The smallest absolute Gasteiger partial charge is 0.384 e. The topological polar surface area (TPSA) is 120 Å². The van der Waals surface area contributed by atoms with Gasteiger partial charge in [0.05, 0.1) is 0 Å². The molecule has 0 atom stereocenters. The number of aromatic hydroxyl groups is 1. The number of rotatable bonds is 7. The molecule has 0 heterocycles. The molecule has 1 amide bonds. The molecule has 8 nitrogen and oxygen atoms in total. The van der Waals surface area contributed by atoms with Gasteiger partial charge in [0.1, 0.15) is 11.6 Å². The van der Waals surface area contributed by atoms with E-state index in [2.05, 4.69) is 5.32 Å². The molecule has 1 aromatic rings. The molecule has 0 unspecified atom stereocenters. The van der Waals surface area contributed by atoms with Gasteiger partial charge in [-0.25, -0.2) is 0 Å². The Morgan fingerprint density at radius 3 is 2.62 bits per heavy atom. The molecule has 2 N–H and O–H groups in total. The van der Waals surface area contributed by atoms with E-state index in [1.54, 1.807) is 6.07 Å². The van der Waals surface area contributed by atoms with E-state index in [9.17, 15) is 18.3 Å². The SMILES string of the molecule is CCCNC(=O)/C(C#N)=C/c1ccc(OS(=O)(=O)N(C)C)c(O)c1. The third-order valence-electron chi connectivity index (χ3n) is 2.84. The summed E-state index contributed by atoms with van der Waals surface area (Å²) in [5.74, 6) is -1.20. The molecule has 0 aliphatic heterocycles. The molecule has 0 radical (unpaired) electrons. The number of hydrogen-bond acceptors (Lipinski definition) is 6. The summed E-state index contributed by atoms with van der Waals surface area (Å²) < 4.78 is 28.9. The molecule has 0 fully saturated rings. The molecular weight excluding hydrogens is 334 g/mol. The van der Waals surface area contributed by atoms with Crippen LogP contribution >= 0.6 is 0 Å². The van der Waals surface area contributed by atoms with Crippen molar-refractivity contribution in [1.29, 1.82) is 5.26 Å². The quantitative estimate of drug-likeness (QED) is 0.558. The number of nitrogens with one attached hydrogen (secondary N) is 1. The van der Waals surface area contributed by atoms with Crippen LogP contribution in [0.2, 0.25) is 0 Å². The fraction of sp³-hybridized carbons (Fsp3) is 0.333. The fourth-order valence-corrected chi connectivity index (χ4v) is 2.05. The minimum Gasteiger partial charge on any atom is -0.504 e. The second-order valence-electron chi connectivity index (χ2n) is 4.98. The zero-order valence-electron chi connectivity index (χ0n) is 13.6. The lowest BCUT2D eigenvalue weighted by molar-refractivity contribution is -0.117. The van der Waals surface area contributed by atoms with Crippen molar-refractivity contribution in [3.8, 4) is 17.6 Å². The average molecular weight is 353 g/mol. The van der Waals surface area contributed by atoms with Crippen molar-refractivity contribution >= 4 is 22.3 Å². The molecule has 0 bridgehead atoms. The lowest BCUT2D eigenvalue weighted by Crippen LogP contribution is -2.27. The minimum atomic E-state index is -4.00. The Labute approximate surface area is 141 Å². The Morgan fingerprint density at radius 2 is 2.12 bits per heavy atom. The number of phenolic OH excluding ortho intramolecular Hbond substituents is 1. The van der Waals surface area contributed by atoms with E-state index in [1.807, 2.05) is 6.92 Å². The van der Waals surface area contributed by atoms with Gasteiger partial charge >= 0.3 is 10.3 Å². The second kappa shape index (κ2) is 8.33. The number of amides is 1. The van der Waals surface area contributed by atoms with Gasteiger partial charge in [0, 0.05) is 20.6 Å². The van der Waals surface area contributed by atoms with E-state index in [0.717, 1.165) is 10.7 Å². The van der Waals surface area contributed by atoms with Gasteiger partial charge in [-0.3, -0.25) is 4.79 Å². The maximum atomic E-state index is 11.8. The Balaban J connectivity index is 3.04. The Hall–Kier alpha value is -2.57. The van der Waals surface area contributed by atoms with Crippen LogP contribution in [0.1, 0.15) is 18.9 Å². The zero-order valence-corrected chi connectivity index (χ0v) is 14.4. The Bertz CT molecular complexity index is 779. The maximum Gasteiger partial charge on any atom is 0.384 e. The first-order valence-corrected chi connectivity index (χ1v) is 8.42. The van der Waals surface area contributed by atoms with E-state index in [-0.39, 0.29) is 11.3 Å². The number of hydrogen-bond donors (Lipinski definition) is 2. The highest BCUT2D eigenvalue weighted by Crippen LogP contribution is 2.29. The highest BCUT2D eigenvalue weighted by atomic mass is 32.2. The van der Waals surface area contributed by atoms with Crippen LogP contribution in [0.3, 0.4) is 0 Å². The lowest BCUT2D eigenvalue weighted by Gasteiger charge is -2.13. The van der Waals surface area contributed by atoms with Gasteiger partial charge in [-0.15, -0.1) is 0 Å². The minimum absolute atomic E-state index is 0.127. The molecule has 9 heteroatoms. The van der Waals surface area contributed by atoms with Gasteiger partial charge in [0.25, 0.3) is 5.91 Å². The molecule has 0 aromatic heterocycles. The van der Waals surface area contributed by atoms with Gasteiger partial charge < -0.3 is 14.6 Å². The molecular formula is C15H19N3O5S. The summed E-state index contributed by atoms with van der Waals surface area (Å²) in [4.78, 5) is 11.8. The first kappa shape index (κ1) is 19.5. The predicted octanol–water partition coefficient (Wildman–Crippen LogP) is 1.01. The van der Waals surface area contributed by atoms with Gasteiger partial charge in [-0.1, -0.05) is 13.0 Å². The summed E-state index contributed by atoms with van der Waals surface area (Å²) >= 11 is 0. The molecule has 0 saturated heterocycles. The van der Waals surface area contributed by atoms with E-state index < -0.39 is 22.0 Å². The fourth-order valence-electron chi connectivity index (χ4n) is 1.53. The van der Waals surface area contributed by atoms with E-state index in [4.69, 9.17) is 9.44 Å². The van der Waals surface area contributed by atoms with Gasteiger partial charge in [0.2, 0.25) is 0 Å². The van der Waals surface area contributed by atoms with Crippen LogP contribution in [-0.2, 0) is 15.1 Å². The van der Waals surface area contributed by atoms with Crippen molar-refractivity contribution in [2.75, 3.05) is 20.6 Å². The summed E-state index contributed by atoms with van der Waals surface area (Å²) in [6.07, 6.45) is 2.02. The van der Waals surface area contributed by atoms with Gasteiger partial charge in [0.15, 0.2) is 11.5 Å². The van der Waals surface area contributed by atoms with Crippen LogP contribution < -0.4 is 9.50 Å². The normalized spacial score (nSPS) is 11.9. The number of nitriles is 1. The van der Waals surface area contributed by atoms with E-state index in [0.29, 0.717) is 12.1 Å². The summed E-state index contributed by atoms with van der Waals surface area (Å²) in [6, 6.07) is 5.64. The lowest BCUT2D eigenvalue weighted by atomic mass is 10.1. The highest BCUT2D eigenvalue weighted by molar-refractivity contribution is 7.84. The van der Waals surface area contributed by atoms with Gasteiger partial charge in [-0.2, -0.15) is 18.0 Å². The van der Waals surface area contributed by atoms with Crippen molar-refractivity contribution in [2.24, 2.45) is 0 Å². The van der Waals surface area contributed by atoms with Gasteiger partial charge in [-0.05, 0) is 30.2 Å². The Kier molecular flexibility index (Phi) is 6.76. The van der Waals surface area contributed by atoms with Crippen LogP contribution in [0, 0.1) is 11.3 Å². The van der Waals surface area contributed by atoms with Crippen LogP contribution in [-0.4, -0.2) is 44.4 Å². The van der Waals surface area contributed by atoms with Crippen molar-refractivity contribution in [2.45, 2.75) is 13.3 Å². The molecule has 0 saturated carbocycles. The predicted molar refractivity (Wildman–Crippen MR) is 88.2 cm³/mol. The summed E-state index contributed by atoms with van der Waals surface area (Å²) in [5, 5.41) is 21.5. The average Bonchev–Trinajstić information content (AvgIpc) is 2.52. The van der Waals surface area contributed by atoms with Crippen molar-refractivity contribution in [3.63, 3.8) is 0 Å². The number of benzene rings is 1. The molecule has 0 aliphatic carbocycles. The van der Waals surface area contributed by atoms with Crippen molar-refractivity contribution in [3.05, 3.63) is 29.3 Å². The monoisotopic (exact) mass is 353 g/mol. The Morgan fingerprint density at radius 1 is 1.46 bits per heavy atom. The summed E-state index contributed by atoms with van der Waals surface area (Å²) in [5.41, 5.74) is 0.225. The number of carbonyl (C=O) groups excluding carboxylic acids is 1. The summed E-state index contributed by atoms with van der Waals surface area (Å²) in [7, 11) is -1.42. The largest absolute Gasteiger partial charge is 0.504 e. The standard InChI is InChI=1S/C15H19N3O5S/c1-4-7-17-15(20)12(10-16)8-11-5-6-14(13(19)9-11)23-24(21,22)18(2)3/h5-6,8-9,19H,4,7H2,1-3H3,(H,17,20)/b12-8+. The highest BCUT2D eigenvalue weighted by Gasteiger charge is 2.18. The number of carbonyl (C=O) groups is 1. The van der Waals surface area contributed by atoms with Crippen LogP contribution in [0.5, 0.6) is 11.5 Å². The molecule has 1 rings (SSSR count). The molecule has 0 aliphatic rings. The van der Waals surface area contributed by atoms with Crippen molar-refractivity contribution in [1.82, 2.24) is 9.62 Å². The second-order valence-corrected chi connectivity index (χ2v) is 6.73. The molecule has 130 valence electrons. The van der Waals surface area contributed by atoms with E-state index >= 15 is 0 Å².